The predicted octanol–water partition coefficient (Wildman–Crippen LogP) is 3.99. The molecule has 0 aliphatic rings. The maximum atomic E-state index is 13.5. The summed E-state index contributed by atoms with van der Waals surface area (Å²) in [5.74, 6) is 0.586. The van der Waals surface area contributed by atoms with Crippen molar-refractivity contribution in [3.63, 3.8) is 0 Å². The molecule has 0 saturated carbocycles. The number of hydrogen-bond acceptors (Lipinski definition) is 2. The summed E-state index contributed by atoms with van der Waals surface area (Å²) in [5.41, 5.74) is 6.49. The molecule has 4 heteroatoms. The Bertz CT molecular complexity index is 482. The minimum atomic E-state index is -0.288. The first-order valence-electron chi connectivity index (χ1n) is 5.13. The van der Waals surface area contributed by atoms with Crippen molar-refractivity contribution in [3.05, 3.63) is 34.2 Å². The normalized spacial score (nSPS) is 13.6. The molecule has 16 heavy (non-hydrogen) atoms. The molecule has 0 radical (unpaired) electrons. The van der Waals surface area contributed by atoms with Gasteiger partial charge in [-0.3, -0.25) is 0 Å². The molecule has 0 saturated heterocycles. The van der Waals surface area contributed by atoms with Gasteiger partial charge in [-0.15, -0.1) is 0 Å². The zero-order chi connectivity index (χ0) is 11.9. The minimum absolute atomic E-state index is 0.210. The lowest BCUT2D eigenvalue weighted by Gasteiger charge is -2.11. The van der Waals surface area contributed by atoms with Crippen LogP contribution in [0.5, 0.6) is 0 Å². The van der Waals surface area contributed by atoms with Gasteiger partial charge < -0.3 is 10.2 Å². The van der Waals surface area contributed by atoms with Gasteiger partial charge in [-0.05, 0) is 40.0 Å². The molecule has 1 heterocycles. The van der Waals surface area contributed by atoms with Crippen LogP contribution in [0.25, 0.3) is 11.0 Å². The third-order valence-electron chi connectivity index (χ3n) is 2.65. The highest BCUT2D eigenvalue weighted by atomic mass is 79.9. The number of rotatable bonds is 2. The Morgan fingerprint density at radius 1 is 1.38 bits per heavy atom. The fourth-order valence-electron chi connectivity index (χ4n) is 1.57. The van der Waals surface area contributed by atoms with E-state index in [0.29, 0.717) is 16.7 Å². The second-order valence-corrected chi connectivity index (χ2v) is 5.04. The SMILES string of the molecule is CC(C)C(N)c1cc2c(F)ccc(Br)c2o1. The lowest BCUT2D eigenvalue weighted by molar-refractivity contribution is 0.418. The van der Waals surface area contributed by atoms with Crippen molar-refractivity contribution in [2.24, 2.45) is 11.7 Å². The van der Waals surface area contributed by atoms with Crippen LogP contribution in [0, 0.1) is 11.7 Å². The quantitative estimate of drug-likeness (QED) is 0.906. The Morgan fingerprint density at radius 2 is 2.06 bits per heavy atom. The number of halogens is 2. The molecule has 1 aromatic carbocycles. The van der Waals surface area contributed by atoms with Crippen LogP contribution >= 0.6 is 15.9 Å². The largest absolute Gasteiger partial charge is 0.458 e. The van der Waals surface area contributed by atoms with Crippen LogP contribution in [-0.2, 0) is 0 Å². The fourth-order valence-corrected chi connectivity index (χ4v) is 2.00. The van der Waals surface area contributed by atoms with Crippen molar-refractivity contribution in [1.29, 1.82) is 0 Å². The zero-order valence-electron chi connectivity index (χ0n) is 9.13. The Hall–Kier alpha value is -0.870. The van der Waals surface area contributed by atoms with Gasteiger partial charge in [-0.1, -0.05) is 13.8 Å². The first kappa shape index (κ1) is 11.6. The summed E-state index contributed by atoms with van der Waals surface area (Å²) < 4.78 is 19.9. The van der Waals surface area contributed by atoms with Crippen LogP contribution in [-0.4, -0.2) is 0 Å². The Kier molecular flexibility index (Phi) is 3.04. The standard InChI is InChI=1S/C12H13BrFNO/c1-6(2)11(15)10-5-7-9(14)4-3-8(13)12(7)16-10/h3-6,11H,15H2,1-2H3. The molecule has 2 aromatic rings. The smallest absolute Gasteiger partial charge is 0.151 e. The molecule has 2 nitrogen and oxygen atoms in total. The first-order valence-corrected chi connectivity index (χ1v) is 5.93. The van der Waals surface area contributed by atoms with E-state index in [1.807, 2.05) is 13.8 Å². The fraction of sp³-hybridized carbons (Fsp3) is 0.333. The molecule has 0 fully saturated rings. The topological polar surface area (TPSA) is 39.2 Å². The van der Waals surface area contributed by atoms with Crippen LogP contribution in [0.15, 0.2) is 27.1 Å². The van der Waals surface area contributed by atoms with Crippen molar-refractivity contribution in [2.45, 2.75) is 19.9 Å². The van der Waals surface area contributed by atoms with E-state index in [9.17, 15) is 4.39 Å². The average Bonchev–Trinajstić information content (AvgIpc) is 2.68. The van der Waals surface area contributed by atoms with E-state index in [4.69, 9.17) is 10.2 Å². The van der Waals surface area contributed by atoms with Gasteiger partial charge in [0.2, 0.25) is 0 Å². The second kappa shape index (κ2) is 4.18. The van der Waals surface area contributed by atoms with E-state index in [2.05, 4.69) is 15.9 Å². The van der Waals surface area contributed by atoms with Gasteiger partial charge >= 0.3 is 0 Å². The van der Waals surface area contributed by atoms with Crippen molar-refractivity contribution in [2.75, 3.05) is 0 Å². The Balaban J connectivity index is 2.60. The molecule has 0 aliphatic heterocycles. The van der Waals surface area contributed by atoms with Crippen LogP contribution in [0.1, 0.15) is 25.6 Å². The Morgan fingerprint density at radius 3 is 2.62 bits per heavy atom. The molecule has 1 aromatic heterocycles. The molecule has 86 valence electrons. The summed E-state index contributed by atoms with van der Waals surface area (Å²) in [6.45, 7) is 4.01. The van der Waals surface area contributed by atoms with Crippen molar-refractivity contribution < 1.29 is 8.81 Å². The molecule has 0 spiro atoms. The van der Waals surface area contributed by atoms with Gasteiger partial charge in [-0.2, -0.15) is 0 Å². The highest BCUT2D eigenvalue weighted by Crippen LogP contribution is 2.32. The molecule has 0 bridgehead atoms. The van der Waals surface area contributed by atoms with Crippen molar-refractivity contribution in [1.82, 2.24) is 0 Å². The number of hydrogen-bond donors (Lipinski definition) is 1. The van der Waals surface area contributed by atoms with Gasteiger partial charge in [-0.25, -0.2) is 4.39 Å². The summed E-state index contributed by atoms with van der Waals surface area (Å²) >= 11 is 3.33. The number of fused-ring (bicyclic) bond motifs is 1. The summed E-state index contributed by atoms with van der Waals surface area (Å²) in [4.78, 5) is 0. The van der Waals surface area contributed by atoms with Gasteiger partial charge in [0.1, 0.15) is 11.6 Å². The van der Waals surface area contributed by atoms with E-state index < -0.39 is 0 Å². The molecule has 2 N–H and O–H groups in total. The molecule has 1 atom stereocenters. The monoisotopic (exact) mass is 285 g/mol. The van der Waals surface area contributed by atoms with E-state index in [1.54, 1.807) is 12.1 Å². The van der Waals surface area contributed by atoms with Crippen LogP contribution in [0.2, 0.25) is 0 Å². The lowest BCUT2D eigenvalue weighted by atomic mass is 10.0. The van der Waals surface area contributed by atoms with Crippen LogP contribution < -0.4 is 5.73 Å². The minimum Gasteiger partial charge on any atom is -0.458 e. The van der Waals surface area contributed by atoms with E-state index >= 15 is 0 Å². The van der Waals surface area contributed by atoms with Crippen LogP contribution in [0.4, 0.5) is 4.39 Å². The summed E-state index contributed by atoms with van der Waals surface area (Å²) in [5, 5.41) is 0.473. The molecular formula is C12H13BrFNO. The third kappa shape index (κ3) is 1.87. The highest BCUT2D eigenvalue weighted by Gasteiger charge is 2.18. The first-order chi connectivity index (χ1) is 7.50. The highest BCUT2D eigenvalue weighted by molar-refractivity contribution is 9.10. The van der Waals surface area contributed by atoms with E-state index in [1.165, 1.54) is 6.07 Å². The van der Waals surface area contributed by atoms with Gasteiger partial charge in [0, 0.05) is 0 Å². The molecule has 1 unspecified atom stereocenters. The summed E-state index contributed by atoms with van der Waals surface area (Å²) in [7, 11) is 0. The summed E-state index contributed by atoms with van der Waals surface area (Å²) in [6.07, 6.45) is 0. The molecule has 2 rings (SSSR count). The van der Waals surface area contributed by atoms with Crippen LogP contribution in [0.3, 0.4) is 0 Å². The zero-order valence-corrected chi connectivity index (χ0v) is 10.7. The van der Waals surface area contributed by atoms with E-state index in [0.717, 1.165) is 4.47 Å². The third-order valence-corrected chi connectivity index (χ3v) is 3.27. The van der Waals surface area contributed by atoms with Gasteiger partial charge in [0.25, 0.3) is 0 Å². The molecule has 0 aliphatic carbocycles. The maximum absolute atomic E-state index is 13.5. The lowest BCUT2D eigenvalue weighted by Crippen LogP contribution is -2.15. The van der Waals surface area contributed by atoms with Crippen molar-refractivity contribution in [3.8, 4) is 0 Å². The Labute approximate surface area is 102 Å². The summed E-state index contributed by atoms with van der Waals surface area (Å²) in [6, 6.07) is 4.51. The molecular weight excluding hydrogens is 273 g/mol. The predicted molar refractivity (Wildman–Crippen MR) is 65.6 cm³/mol. The maximum Gasteiger partial charge on any atom is 0.151 e. The van der Waals surface area contributed by atoms with Gasteiger partial charge in [0.05, 0.1) is 15.9 Å². The number of benzene rings is 1. The molecule has 0 amide bonds. The number of furan rings is 1. The van der Waals surface area contributed by atoms with E-state index in [-0.39, 0.29) is 17.8 Å². The number of nitrogens with two attached hydrogens (primary N) is 1. The average molecular weight is 286 g/mol. The second-order valence-electron chi connectivity index (χ2n) is 4.19. The van der Waals surface area contributed by atoms with Gasteiger partial charge in [0.15, 0.2) is 5.58 Å². The van der Waals surface area contributed by atoms with Crippen molar-refractivity contribution >= 4 is 26.9 Å².